The standard InChI is InChI=1S/C9H4Cl2N4O2S2/c10-6-3-7(14-9(11)13-6)15-19(16,17)8-2-1-5(4-12)18-8/h1-3H,(H,13,14,15). The lowest BCUT2D eigenvalue weighted by Crippen LogP contribution is -2.12. The minimum Gasteiger partial charge on any atom is -0.262 e. The second-order valence-corrected chi connectivity index (χ2v) is 6.90. The Bertz CT molecular complexity index is 747. The van der Waals surface area contributed by atoms with Gasteiger partial charge in [-0.15, -0.1) is 11.3 Å². The zero-order valence-electron chi connectivity index (χ0n) is 8.96. The van der Waals surface area contributed by atoms with Gasteiger partial charge in [-0.2, -0.15) is 10.2 Å². The Morgan fingerprint density at radius 2 is 2.05 bits per heavy atom. The number of aromatic nitrogens is 2. The van der Waals surface area contributed by atoms with Crippen LogP contribution >= 0.6 is 34.5 Å². The molecular weight excluding hydrogens is 331 g/mol. The van der Waals surface area contributed by atoms with E-state index in [1.807, 2.05) is 6.07 Å². The lowest BCUT2D eigenvalue weighted by molar-refractivity contribution is 0.603. The van der Waals surface area contributed by atoms with Gasteiger partial charge in [0.15, 0.2) is 0 Å². The highest BCUT2D eigenvalue weighted by atomic mass is 35.5. The Labute approximate surface area is 122 Å². The quantitative estimate of drug-likeness (QED) is 0.687. The van der Waals surface area contributed by atoms with Crippen LogP contribution in [-0.2, 0) is 10.0 Å². The van der Waals surface area contributed by atoms with Gasteiger partial charge in [0.05, 0.1) is 0 Å². The van der Waals surface area contributed by atoms with Crippen molar-refractivity contribution >= 4 is 50.4 Å². The van der Waals surface area contributed by atoms with Crippen LogP contribution in [0.3, 0.4) is 0 Å². The van der Waals surface area contributed by atoms with Crippen molar-refractivity contribution in [3.63, 3.8) is 0 Å². The fourth-order valence-corrected chi connectivity index (χ4v) is 3.66. The Morgan fingerprint density at radius 3 is 2.63 bits per heavy atom. The first kappa shape index (κ1) is 14.0. The average molecular weight is 335 g/mol. The van der Waals surface area contributed by atoms with Crippen molar-refractivity contribution in [2.45, 2.75) is 4.21 Å². The highest BCUT2D eigenvalue weighted by molar-refractivity contribution is 7.94. The second kappa shape index (κ2) is 5.30. The van der Waals surface area contributed by atoms with E-state index in [0.29, 0.717) is 4.88 Å². The smallest absolute Gasteiger partial charge is 0.262 e. The molecule has 0 amide bonds. The van der Waals surface area contributed by atoms with Crippen LogP contribution in [0.5, 0.6) is 0 Å². The maximum atomic E-state index is 12.0. The van der Waals surface area contributed by atoms with Gasteiger partial charge < -0.3 is 0 Å². The second-order valence-electron chi connectivity index (χ2n) is 3.18. The molecule has 19 heavy (non-hydrogen) atoms. The topological polar surface area (TPSA) is 95.7 Å². The van der Waals surface area contributed by atoms with Crippen LogP contribution in [-0.4, -0.2) is 18.4 Å². The summed E-state index contributed by atoms with van der Waals surface area (Å²) in [4.78, 5) is 7.58. The van der Waals surface area contributed by atoms with Crippen LogP contribution in [0.4, 0.5) is 5.82 Å². The molecule has 0 saturated heterocycles. The molecule has 0 atom stereocenters. The van der Waals surface area contributed by atoms with E-state index in [-0.39, 0.29) is 20.5 Å². The number of hydrogen-bond acceptors (Lipinski definition) is 6. The molecule has 0 fully saturated rings. The Hall–Kier alpha value is -1.40. The van der Waals surface area contributed by atoms with E-state index in [9.17, 15) is 8.42 Å². The van der Waals surface area contributed by atoms with Crippen molar-refractivity contribution in [1.82, 2.24) is 9.97 Å². The van der Waals surface area contributed by atoms with Crippen molar-refractivity contribution in [3.05, 3.63) is 33.5 Å². The minimum atomic E-state index is -3.83. The van der Waals surface area contributed by atoms with E-state index in [1.54, 1.807) is 0 Å². The molecule has 0 bridgehead atoms. The van der Waals surface area contributed by atoms with E-state index >= 15 is 0 Å². The first-order valence-electron chi connectivity index (χ1n) is 4.63. The van der Waals surface area contributed by atoms with Crippen LogP contribution in [0.1, 0.15) is 4.88 Å². The highest BCUT2D eigenvalue weighted by Crippen LogP contribution is 2.24. The van der Waals surface area contributed by atoms with Gasteiger partial charge in [-0.1, -0.05) is 11.6 Å². The van der Waals surface area contributed by atoms with Gasteiger partial charge >= 0.3 is 0 Å². The van der Waals surface area contributed by atoms with Gasteiger partial charge in [-0.25, -0.2) is 13.4 Å². The first-order chi connectivity index (χ1) is 8.90. The molecule has 0 aromatic carbocycles. The van der Waals surface area contributed by atoms with Crippen LogP contribution in [0.15, 0.2) is 22.4 Å². The summed E-state index contributed by atoms with van der Waals surface area (Å²) < 4.78 is 26.2. The molecule has 10 heteroatoms. The molecule has 0 spiro atoms. The number of sulfonamides is 1. The summed E-state index contributed by atoms with van der Waals surface area (Å²) in [5.41, 5.74) is 0. The van der Waals surface area contributed by atoms with Gasteiger partial charge in [0.25, 0.3) is 10.0 Å². The van der Waals surface area contributed by atoms with Crippen LogP contribution in [0.2, 0.25) is 10.4 Å². The predicted molar refractivity (Wildman–Crippen MR) is 71.9 cm³/mol. The number of nitriles is 1. The number of rotatable bonds is 3. The molecule has 0 aliphatic rings. The maximum Gasteiger partial charge on any atom is 0.272 e. The monoisotopic (exact) mass is 334 g/mol. The molecule has 0 aliphatic heterocycles. The zero-order chi connectivity index (χ0) is 14.0. The van der Waals surface area contributed by atoms with Crippen molar-refractivity contribution in [3.8, 4) is 6.07 Å². The molecule has 2 heterocycles. The Kier molecular flexibility index (Phi) is 3.91. The molecule has 2 aromatic heterocycles. The number of nitrogens with zero attached hydrogens (tertiary/aromatic N) is 3. The summed E-state index contributed by atoms with van der Waals surface area (Å²) in [7, 11) is -3.83. The van der Waals surface area contributed by atoms with Crippen molar-refractivity contribution in [1.29, 1.82) is 5.26 Å². The summed E-state index contributed by atoms with van der Waals surface area (Å²) >= 11 is 12.1. The number of hydrogen-bond donors (Lipinski definition) is 1. The minimum absolute atomic E-state index is 0.00472. The molecule has 6 nitrogen and oxygen atoms in total. The molecule has 0 unspecified atom stereocenters. The van der Waals surface area contributed by atoms with E-state index < -0.39 is 10.0 Å². The SMILES string of the molecule is N#Cc1ccc(S(=O)(=O)Nc2cc(Cl)nc(Cl)n2)s1. The number of thiophene rings is 1. The van der Waals surface area contributed by atoms with Gasteiger partial charge in [0.1, 0.15) is 26.1 Å². The highest BCUT2D eigenvalue weighted by Gasteiger charge is 2.18. The van der Waals surface area contributed by atoms with Crippen LogP contribution in [0.25, 0.3) is 0 Å². The molecule has 0 radical (unpaired) electrons. The molecule has 1 N–H and O–H groups in total. The fourth-order valence-electron chi connectivity index (χ4n) is 1.15. The van der Waals surface area contributed by atoms with Gasteiger partial charge in [0, 0.05) is 6.07 Å². The summed E-state index contributed by atoms with van der Waals surface area (Å²) in [5, 5.41) is 8.51. The third-order valence-electron chi connectivity index (χ3n) is 1.86. The normalized spacial score (nSPS) is 11.0. The summed E-state index contributed by atoms with van der Waals surface area (Å²) in [6.45, 7) is 0. The zero-order valence-corrected chi connectivity index (χ0v) is 12.1. The summed E-state index contributed by atoms with van der Waals surface area (Å²) in [5.74, 6) is -0.0445. The first-order valence-corrected chi connectivity index (χ1v) is 7.69. The maximum absolute atomic E-state index is 12.0. The largest absolute Gasteiger partial charge is 0.272 e. The third-order valence-corrected chi connectivity index (χ3v) is 5.06. The van der Waals surface area contributed by atoms with Crippen LogP contribution in [0, 0.1) is 11.3 Å². The Balaban J connectivity index is 2.33. The third kappa shape index (κ3) is 3.33. The number of halogens is 2. The van der Waals surface area contributed by atoms with Crippen molar-refractivity contribution in [2.24, 2.45) is 0 Å². The molecule has 2 aromatic rings. The van der Waals surface area contributed by atoms with E-state index in [4.69, 9.17) is 28.5 Å². The lowest BCUT2D eigenvalue weighted by Gasteiger charge is -2.05. The predicted octanol–water partition coefficient (Wildman–Crippen LogP) is 2.52. The van der Waals surface area contributed by atoms with E-state index in [0.717, 1.165) is 11.3 Å². The average Bonchev–Trinajstić information content (AvgIpc) is 2.75. The van der Waals surface area contributed by atoms with Gasteiger partial charge in [0.2, 0.25) is 5.28 Å². The Morgan fingerprint density at radius 1 is 1.32 bits per heavy atom. The molecule has 0 saturated carbocycles. The molecule has 2 rings (SSSR count). The summed E-state index contributed by atoms with van der Waals surface area (Å²) in [6.07, 6.45) is 0. The van der Waals surface area contributed by atoms with Crippen molar-refractivity contribution in [2.75, 3.05) is 4.72 Å². The van der Waals surface area contributed by atoms with E-state index in [1.165, 1.54) is 18.2 Å². The molecule has 98 valence electrons. The van der Waals surface area contributed by atoms with Gasteiger partial charge in [-0.3, -0.25) is 4.72 Å². The van der Waals surface area contributed by atoms with E-state index in [2.05, 4.69) is 14.7 Å². The lowest BCUT2D eigenvalue weighted by atomic mass is 10.5. The summed E-state index contributed by atoms with van der Waals surface area (Å²) in [6, 6.07) is 5.83. The number of nitrogens with one attached hydrogen (secondary N) is 1. The molecular formula is C9H4Cl2N4O2S2. The van der Waals surface area contributed by atoms with Gasteiger partial charge in [-0.05, 0) is 23.7 Å². The fraction of sp³-hybridized carbons (Fsp3) is 0. The van der Waals surface area contributed by atoms with Crippen molar-refractivity contribution < 1.29 is 8.42 Å². The number of anilines is 1. The van der Waals surface area contributed by atoms with Crippen LogP contribution < -0.4 is 4.72 Å². The molecule has 0 aliphatic carbocycles.